The topological polar surface area (TPSA) is 57.6 Å². The van der Waals surface area contributed by atoms with E-state index in [0.717, 1.165) is 11.3 Å². The number of hydrogen-bond acceptors (Lipinski definition) is 2. The fraction of sp³-hybridized carbons (Fsp3) is 0.333. The van der Waals surface area contributed by atoms with Gasteiger partial charge in [0.15, 0.2) is 0 Å². The molecule has 1 heterocycles. The first kappa shape index (κ1) is 10.7. The third-order valence-corrected chi connectivity index (χ3v) is 2.93. The predicted octanol–water partition coefficient (Wildman–Crippen LogP) is 1.68. The Morgan fingerprint density at radius 1 is 1.38 bits per heavy atom. The van der Waals surface area contributed by atoms with Gasteiger partial charge in [-0.15, -0.1) is 0 Å². The molecule has 0 atom stereocenters. The molecule has 0 saturated carbocycles. The number of amides is 1. The molecule has 1 aliphatic rings. The minimum absolute atomic E-state index is 0.0429. The van der Waals surface area contributed by atoms with Crippen LogP contribution >= 0.6 is 0 Å². The van der Waals surface area contributed by atoms with Crippen molar-refractivity contribution in [2.24, 2.45) is 0 Å². The van der Waals surface area contributed by atoms with Gasteiger partial charge in [-0.2, -0.15) is 0 Å². The zero-order chi connectivity index (χ0) is 11.7. The molecule has 0 aromatic heterocycles. The minimum atomic E-state index is -0.931. The molecule has 84 valence electrons. The number of benzene rings is 1. The van der Waals surface area contributed by atoms with Crippen molar-refractivity contribution in [1.29, 1.82) is 0 Å². The molecule has 0 bridgehead atoms. The molecule has 0 radical (unpaired) electrons. The number of nitrogens with zero attached hydrogens (tertiary/aromatic N) is 1. The zero-order valence-corrected chi connectivity index (χ0v) is 9.06. The molecule has 2 rings (SSSR count). The highest BCUT2D eigenvalue weighted by Gasteiger charge is 2.22. The Hall–Kier alpha value is -1.84. The lowest BCUT2D eigenvalue weighted by atomic mass is 10.0. The first-order valence-corrected chi connectivity index (χ1v) is 5.23. The molecule has 1 N–H and O–H groups in total. The third kappa shape index (κ3) is 1.66. The molecule has 0 aliphatic carbocycles. The van der Waals surface area contributed by atoms with Crippen molar-refractivity contribution in [3.8, 4) is 0 Å². The highest BCUT2D eigenvalue weighted by Crippen LogP contribution is 2.28. The van der Waals surface area contributed by atoms with Gasteiger partial charge >= 0.3 is 5.97 Å². The Labute approximate surface area is 93.5 Å². The van der Waals surface area contributed by atoms with Crippen LogP contribution in [-0.4, -0.2) is 24.0 Å². The first-order valence-electron chi connectivity index (χ1n) is 5.23. The van der Waals surface area contributed by atoms with E-state index in [9.17, 15) is 9.59 Å². The normalized spacial score (nSPS) is 15.6. The smallest absolute Gasteiger partial charge is 0.336 e. The predicted molar refractivity (Wildman–Crippen MR) is 59.7 cm³/mol. The van der Waals surface area contributed by atoms with Gasteiger partial charge in [0, 0.05) is 19.2 Å². The van der Waals surface area contributed by atoms with E-state index in [2.05, 4.69) is 0 Å². The summed E-state index contributed by atoms with van der Waals surface area (Å²) in [6.45, 7) is 0. The fourth-order valence-corrected chi connectivity index (χ4v) is 2.07. The number of rotatable bonds is 1. The zero-order valence-electron chi connectivity index (χ0n) is 9.06. The number of anilines is 1. The standard InChI is InChI=1S/C12H13NO3/c1-13-10-6-2-5-9(12(15)16)8(10)4-3-7-11(13)14/h2,5-6H,3-4,7H2,1H3,(H,15,16). The van der Waals surface area contributed by atoms with Crippen LogP contribution in [0.1, 0.15) is 28.8 Å². The second-order valence-electron chi connectivity index (χ2n) is 3.91. The summed E-state index contributed by atoms with van der Waals surface area (Å²) >= 11 is 0. The van der Waals surface area contributed by atoms with Crippen LogP contribution in [0.4, 0.5) is 5.69 Å². The summed E-state index contributed by atoms with van der Waals surface area (Å²) in [7, 11) is 1.69. The van der Waals surface area contributed by atoms with E-state index in [1.807, 2.05) is 0 Å². The molecule has 4 nitrogen and oxygen atoms in total. The highest BCUT2D eigenvalue weighted by molar-refractivity contribution is 5.98. The van der Waals surface area contributed by atoms with Gasteiger partial charge in [0.25, 0.3) is 0 Å². The van der Waals surface area contributed by atoms with Gasteiger partial charge in [-0.3, -0.25) is 4.79 Å². The Morgan fingerprint density at radius 3 is 2.81 bits per heavy atom. The van der Waals surface area contributed by atoms with Crippen LogP contribution in [0.2, 0.25) is 0 Å². The van der Waals surface area contributed by atoms with Crippen molar-refractivity contribution in [2.45, 2.75) is 19.3 Å². The Kier molecular flexibility index (Phi) is 2.64. The molecule has 16 heavy (non-hydrogen) atoms. The molecule has 0 spiro atoms. The number of fused-ring (bicyclic) bond motifs is 1. The second kappa shape index (κ2) is 3.96. The molecular formula is C12H13NO3. The van der Waals surface area contributed by atoms with E-state index in [0.29, 0.717) is 24.8 Å². The van der Waals surface area contributed by atoms with Crippen molar-refractivity contribution in [3.05, 3.63) is 29.3 Å². The molecule has 1 aliphatic heterocycles. The van der Waals surface area contributed by atoms with Crippen LogP contribution in [-0.2, 0) is 11.2 Å². The average molecular weight is 219 g/mol. The lowest BCUT2D eigenvalue weighted by molar-refractivity contribution is -0.118. The van der Waals surface area contributed by atoms with Gasteiger partial charge in [0.05, 0.1) is 5.56 Å². The van der Waals surface area contributed by atoms with E-state index < -0.39 is 5.97 Å². The maximum atomic E-state index is 11.6. The Morgan fingerprint density at radius 2 is 2.12 bits per heavy atom. The van der Waals surface area contributed by atoms with E-state index in [4.69, 9.17) is 5.11 Å². The van der Waals surface area contributed by atoms with Gasteiger partial charge < -0.3 is 10.0 Å². The van der Waals surface area contributed by atoms with Crippen LogP contribution < -0.4 is 4.90 Å². The Bertz CT molecular complexity index is 454. The summed E-state index contributed by atoms with van der Waals surface area (Å²) in [6.07, 6.45) is 1.83. The molecule has 4 heteroatoms. The SMILES string of the molecule is CN1C(=O)CCCc2c(C(=O)O)cccc21. The molecule has 1 amide bonds. The van der Waals surface area contributed by atoms with Crippen molar-refractivity contribution < 1.29 is 14.7 Å². The molecule has 0 saturated heterocycles. The summed E-state index contributed by atoms with van der Waals surface area (Å²) in [5.74, 6) is -0.888. The molecule has 1 aromatic carbocycles. The van der Waals surface area contributed by atoms with Crippen molar-refractivity contribution in [3.63, 3.8) is 0 Å². The maximum absolute atomic E-state index is 11.6. The second-order valence-corrected chi connectivity index (χ2v) is 3.91. The molecule has 0 unspecified atom stereocenters. The number of carbonyl (C=O) groups excluding carboxylic acids is 1. The molecule has 1 aromatic rings. The number of hydrogen-bond donors (Lipinski definition) is 1. The maximum Gasteiger partial charge on any atom is 0.336 e. The van der Waals surface area contributed by atoms with Crippen molar-refractivity contribution in [1.82, 2.24) is 0 Å². The summed E-state index contributed by atoms with van der Waals surface area (Å²) in [6, 6.07) is 5.06. The lowest BCUT2D eigenvalue weighted by Crippen LogP contribution is -2.25. The molecule has 0 fully saturated rings. The van der Waals surface area contributed by atoms with Gasteiger partial charge in [0.2, 0.25) is 5.91 Å². The van der Waals surface area contributed by atoms with Gasteiger partial charge in [-0.1, -0.05) is 6.07 Å². The number of aromatic carboxylic acids is 1. The summed E-state index contributed by atoms with van der Waals surface area (Å²) in [4.78, 5) is 24.3. The third-order valence-electron chi connectivity index (χ3n) is 2.93. The Balaban J connectivity index is 2.58. The summed E-state index contributed by atoms with van der Waals surface area (Å²) in [5.41, 5.74) is 1.80. The average Bonchev–Trinajstić information content (AvgIpc) is 2.40. The van der Waals surface area contributed by atoms with E-state index in [1.165, 1.54) is 0 Å². The highest BCUT2D eigenvalue weighted by atomic mass is 16.4. The largest absolute Gasteiger partial charge is 0.478 e. The van der Waals surface area contributed by atoms with Crippen molar-refractivity contribution in [2.75, 3.05) is 11.9 Å². The van der Waals surface area contributed by atoms with E-state index in [-0.39, 0.29) is 5.91 Å². The number of carboxylic acid groups (broad SMARTS) is 1. The monoisotopic (exact) mass is 219 g/mol. The van der Waals surface area contributed by atoms with Crippen LogP contribution in [0.5, 0.6) is 0 Å². The van der Waals surface area contributed by atoms with Crippen LogP contribution in [0, 0.1) is 0 Å². The fourth-order valence-electron chi connectivity index (χ4n) is 2.07. The summed E-state index contributed by atoms with van der Waals surface area (Å²) < 4.78 is 0. The van der Waals surface area contributed by atoms with Crippen molar-refractivity contribution >= 4 is 17.6 Å². The first-order chi connectivity index (χ1) is 7.61. The summed E-state index contributed by atoms with van der Waals surface area (Å²) in [5, 5.41) is 9.08. The van der Waals surface area contributed by atoms with E-state index >= 15 is 0 Å². The minimum Gasteiger partial charge on any atom is -0.478 e. The molecular weight excluding hydrogens is 206 g/mol. The van der Waals surface area contributed by atoms with E-state index in [1.54, 1.807) is 30.1 Å². The van der Waals surface area contributed by atoms with Gasteiger partial charge in [0.1, 0.15) is 0 Å². The number of carbonyl (C=O) groups is 2. The van der Waals surface area contributed by atoms with Crippen LogP contribution in [0.25, 0.3) is 0 Å². The quantitative estimate of drug-likeness (QED) is 0.781. The van der Waals surface area contributed by atoms with Gasteiger partial charge in [-0.25, -0.2) is 4.79 Å². The lowest BCUT2D eigenvalue weighted by Gasteiger charge is -2.18. The van der Waals surface area contributed by atoms with Crippen LogP contribution in [0.3, 0.4) is 0 Å². The van der Waals surface area contributed by atoms with Gasteiger partial charge in [-0.05, 0) is 30.5 Å². The van der Waals surface area contributed by atoms with Crippen LogP contribution in [0.15, 0.2) is 18.2 Å². The number of carboxylic acids is 1.